The van der Waals surface area contributed by atoms with Crippen LogP contribution < -0.4 is 10.1 Å². The van der Waals surface area contributed by atoms with Gasteiger partial charge in [-0.15, -0.1) is 0 Å². The largest absolute Gasteiger partial charge is 0.487 e. The Kier molecular flexibility index (Phi) is 4.89. The maximum atomic E-state index is 13.1. The van der Waals surface area contributed by atoms with E-state index in [4.69, 9.17) is 4.74 Å². The molecule has 1 atom stereocenters. The number of aromatic nitrogens is 1. The van der Waals surface area contributed by atoms with Gasteiger partial charge in [0.15, 0.2) is 5.78 Å². The SMILES string of the molecule is O=C1c2cc(OCc3ccc4ccccc4n3)ccc2NCC1Cc1ccccc1. The maximum absolute atomic E-state index is 13.1. The van der Waals surface area contributed by atoms with Gasteiger partial charge in [-0.25, -0.2) is 4.98 Å². The summed E-state index contributed by atoms with van der Waals surface area (Å²) in [4.78, 5) is 17.7. The first-order chi connectivity index (χ1) is 14.8. The molecule has 4 nitrogen and oxygen atoms in total. The van der Waals surface area contributed by atoms with E-state index in [1.807, 2.05) is 66.7 Å². The summed E-state index contributed by atoms with van der Waals surface area (Å²) in [5, 5.41) is 4.50. The molecule has 1 aromatic heterocycles. The number of hydrogen-bond acceptors (Lipinski definition) is 4. The number of nitrogens with one attached hydrogen (secondary N) is 1. The summed E-state index contributed by atoms with van der Waals surface area (Å²) in [7, 11) is 0. The minimum absolute atomic E-state index is 0.0719. The van der Waals surface area contributed by atoms with E-state index < -0.39 is 0 Å². The summed E-state index contributed by atoms with van der Waals surface area (Å²) in [6.07, 6.45) is 0.734. The fourth-order valence-corrected chi connectivity index (χ4v) is 3.93. The highest BCUT2D eigenvalue weighted by molar-refractivity contribution is 6.05. The number of pyridine rings is 1. The Hall–Kier alpha value is -3.66. The lowest BCUT2D eigenvalue weighted by molar-refractivity contribution is 0.0921. The predicted molar refractivity (Wildman–Crippen MR) is 119 cm³/mol. The van der Waals surface area contributed by atoms with E-state index in [1.165, 1.54) is 5.56 Å². The van der Waals surface area contributed by atoms with Crippen molar-refractivity contribution < 1.29 is 9.53 Å². The Morgan fingerprint density at radius 2 is 1.77 bits per heavy atom. The molecule has 2 heterocycles. The van der Waals surface area contributed by atoms with Gasteiger partial charge in [0.2, 0.25) is 0 Å². The summed E-state index contributed by atoms with van der Waals surface area (Å²) < 4.78 is 5.97. The van der Waals surface area contributed by atoms with Crippen LogP contribution >= 0.6 is 0 Å². The lowest BCUT2D eigenvalue weighted by Gasteiger charge is -2.25. The van der Waals surface area contributed by atoms with Crippen molar-refractivity contribution in [2.75, 3.05) is 11.9 Å². The van der Waals surface area contributed by atoms with Crippen LogP contribution in [0.3, 0.4) is 0 Å². The molecule has 4 heteroatoms. The molecule has 1 aliphatic rings. The predicted octanol–water partition coefficient (Wildman–Crippen LogP) is 5.28. The number of anilines is 1. The van der Waals surface area contributed by atoms with Gasteiger partial charge < -0.3 is 10.1 Å². The molecule has 0 aliphatic carbocycles. The van der Waals surface area contributed by atoms with Crippen molar-refractivity contribution in [1.29, 1.82) is 0 Å². The van der Waals surface area contributed by atoms with Gasteiger partial charge in [-0.05, 0) is 42.3 Å². The fraction of sp³-hybridized carbons (Fsp3) is 0.154. The second-order valence-electron chi connectivity index (χ2n) is 7.62. The van der Waals surface area contributed by atoms with E-state index in [0.29, 0.717) is 24.5 Å². The number of benzene rings is 3. The first-order valence-electron chi connectivity index (χ1n) is 10.2. The molecule has 30 heavy (non-hydrogen) atoms. The number of Topliss-reactive ketones (excluding diaryl/α,β-unsaturated/α-hetero) is 1. The Balaban J connectivity index is 1.31. The minimum atomic E-state index is -0.0719. The van der Waals surface area contributed by atoms with Gasteiger partial charge in [-0.3, -0.25) is 4.79 Å². The number of rotatable bonds is 5. The van der Waals surface area contributed by atoms with Crippen LogP contribution in [0.4, 0.5) is 5.69 Å². The summed E-state index contributed by atoms with van der Waals surface area (Å²) >= 11 is 0. The van der Waals surface area contributed by atoms with Crippen LogP contribution in [0, 0.1) is 5.92 Å². The first-order valence-corrected chi connectivity index (χ1v) is 10.2. The van der Waals surface area contributed by atoms with Crippen LogP contribution in [0.25, 0.3) is 10.9 Å². The zero-order valence-electron chi connectivity index (χ0n) is 16.5. The topological polar surface area (TPSA) is 51.2 Å². The van der Waals surface area contributed by atoms with Gasteiger partial charge in [-0.1, -0.05) is 54.6 Å². The number of para-hydroxylation sites is 1. The Bertz CT molecular complexity index is 1200. The van der Waals surface area contributed by atoms with Gasteiger partial charge in [0.05, 0.1) is 11.2 Å². The molecule has 0 radical (unpaired) electrons. The molecule has 0 fully saturated rings. The van der Waals surface area contributed by atoms with Gasteiger partial charge >= 0.3 is 0 Å². The molecule has 0 saturated carbocycles. The first kappa shape index (κ1) is 18.4. The second-order valence-corrected chi connectivity index (χ2v) is 7.62. The lowest BCUT2D eigenvalue weighted by atomic mass is 9.87. The maximum Gasteiger partial charge on any atom is 0.170 e. The van der Waals surface area contributed by atoms with Crippen LogP contribution in [0.1, 0.15) is 21.6 Å². The smallest absolute Gasteiger partial charge is 0.170 e. The van der Waals surface area contributed by atoms with Crippen molar-refractivity contribution in [2.24, 2.45) is 5.92 Å². The van der Waals surface area contributed by atoms with E-state index in [0.717, 1.165) is 28.7 Å². The van der Waals surface area contributed by atoms with Crippen molar-refractivity contribution in [3.63, 3.8) is 0 Å². The van der Waals surface area contributed by atoms with Crippen LogP contribution in [-0.2, 0) is 13.0 Å². The Morgan fingerprint density at radius 3 is 2.67 bits per heavy atom. The Morgan fingerprint density at radius 1 is 0.933 bits per heavy atom. The highest BCUT2D eigenvalue weighted by Gasteiger charge is 2.27. The number of ether oxygens (including phenoxy) is 1. The number of hydrogen-bond donors (Lipinski definition) is 1. The van der Waals surface area contributed by atoms with E-state index >= 15 is 0 Å². The van der Waals surface area contributed by atoms with Crippen molar-refractivity contribution in [3.8, 4) is 5.75 Å². The highest BCUT2D eigenvalue weighted by Crippen LogP contribution is 2.30. The molecule has 0 bridgehead atoms. The average Bonchev–Trinajstić information content (AvgIpc) is 2.80. The van der Waals surface area contributed by atoms with E-state index in [1.54, 1.807) is 0 Å². The number of ketones is 1. The van der Waals surface area contributed by atoms with Crippen molar-refractivity contribution in [2.45, 2.75) is 13.0 Å². The quantitative estimate of drug-likeness (QED) is 0.500. The van der Waals surface area contributed by atoms with Gasteiger partial charge in [0.1, 0.15) is 12.4 Å². The fourth-order valence-electron chi connectivity index (χ4n) is 3.93. The lowest BCUT2D eigenvalue weighted by Crippen LogP contribution is -2.31. The molecule has 5 rings (SSSR count). The van der Waals surface area contributed by atoms with Crippen molar-refractivity contribution >= 4 is 22.4 Å². The zero-order chi connectivity index (χ0) is 20.3. The summed E-state index contributed by atoms with van der Waals surface area (Å²) in [6, 6.07) is 27.9. The second kappa shape index (κ2) is 7.99. The van der Waals surface area contributed by atoms with Gasteiger partial charge in [-0.2, -0.15) is 0 Å². The molecule has 1 N–H and O–H groups in total. The molecule has 1 unspecified atom stereocenters. The highest BCUT2D eigenvalue weighted by atomic mass is 16.5. The van der Waals surface area contributed by atoms with Crippen molar-refractivity contribution in [3.05, 3.63) is 102 Å². The average molecular weight is 394 g/mol. The van der Waals surface area contributed by atoms with Crippen LogP contribution in [-0.4, -0.2) is 17.3 Å². The van der Waals surface area contributed by atoms with E-state index in [2.05, 4.69) is 28.5 Å². The molecule has 0 spiro atoms. The molecule has 1 aliphatic heterocycles. The number of fused-ring (bicyclic) bond motifs is 2. The summed E-state index contributed by atoms with van der Waals surface area (Å²) in [5.74, 6) is 0.776. The molecule has 0 amide bonds. The number of carbonyl (C=O) groups excluding carboxylic acids is 1. The number of nitrogens with zero attached hydrogens (tertiary/aromatic N) is 1. The van der Waals surface area contributed by atoms with Crippen molar-refractivity contribution in [1.82, 2.24) is 4.98 Å². The van der Waals surface area contributed by atoms with Crippen LogP contribution in [0.5, 0.6) is 5.75 Å². The third kappa shape index (κ3) is 3.77. The van der Waals surface area contributed by atoms with E-state index in [9.17, 15) is 4.79 Å². The molecular weight excluding hydrogens is 372 g/mol. The molecule has 148 valence electrons. The van der Waals surface area contributed by atoms with Gasteiger partial charge in [0, 0.05) is 29.1 Å². The number of carbonyl (C=O) groups is 1. The minimum Gasteiger partial charge on any atom is -0.487 e. The summed E-state index contributed by atoms with van der Waals surface area (Å²) in [6.45, 7) is 1.01. The molecule has 3 aromatic carbocycles. The normalized spacial score (nSPS) is 15.5. The third-order valence-electron chi connectivity index (χ3n) is 5.53. The molecule has 4 aromatic rings. The van der Waals surface area contributed by atoms with Crippen LogP contribution in [0.15, 0.2) is 84.9 Å². The standard InChI is InChI=1S/C26H22N2O2/c29-26-20(14-18-6-2-1-3-7-18)16-27-25-13-12-22(15-23(25)26)30-17-21-11-10-19-8-4-5-9-24(19)28-21/h1-13,15,20,27H,14,16-17H2. The molecule has 0 saturated heterocycles. The summed E-state index contributed by atoms with van der Waals surface area (Å²) in [5.41, 5.74) is 4.56. The van der Waals surface area contributed by atoms with E-state index in [-0.39, 0.29) is 11.7 Å². The van der Waals surface area contributed by atoms with Gasteiger partial charge in [0.25, 0.3) is 0 Å². The zero-order valence-corrected chi connectivity index (χ0v) is 16.5. The van der Waals surface area contributed by atoms with Crippen LogP contribution in [0.2, 0.25) is 0 Å². The molecular formula is C26H22N2O2. The monoisotopic (exact) mass is 394 g/mol. The third-order valence-corrected chi connectivity index (χ3v) is 5.53. The Labute approximate surface area is 175 Å².